The monoisotopic (exact) mass is 319 g/mol. The second-order valence-electron chi connectivity index (χ2n) is 6.13. The molecule has 0 spiro atoms. The zero-order valence-electron chi connectivity index (χ0n) is 14.4. The largest absolute Gasteiger partial charge is 0.320 e. The Balaban J connectivity index is 1.98. The van der Waals surface area contributed by atoms with E-state index in [4.69, 9.17) is 0 Å². The maximum atomic E-state index is 12.7. The minimum absolute atomic E-state index is 0.106. The molecule has 0 unspecified atom stereocenters. The number of para-hydroxylation sites is 2. The molecule has 3 aromatic rings. The summed E-state index contributed by atoms with van der Waals surface area (Å²) in [5, 5.41) is 7.55. The van der Waals surface area contributed by atoms with Crippen LogP contribution in [0, 0.1) is 27.7 Å². The van der Waals surface area contributed by atoms with Crippen molar-refractivity contribution in [2.24, 2.45) is 0 Å². The lowest BCUT2D eigenvalue weighted by atomic mass is 10.0. The minimum atomic E-state index is -0.106. The third-order valence-electron chi connectivity index (χ3n) is 4.03. The van der Waals surface area contributed by atoms with Gasteiger partial charge >= 0.3 is 0 Å². The molecule has 4 nitrogen and oxygen atoms in total. The quantitative estimate of drug-likeness (QED) is 0.780. The predicted molar refractivity (Wildman–Crippen MR) is 96.9 cm³/mol. The van der Waals surface area contributed by atoms with Gasteiger partial charge in [-0.3, -0.25) is 4.79 Å². The summed E-state index contributed by atoms with van der Waals surface area (Å²) in [5.74, 6) is -0.106. The molecule has 0 aliphatic heterocycles. The molecular formula is C20H21N3O. The summed E-state index contributed by atoms with van der Waals surface area (Å²) in [6, 6.07) is 15.6. The van der Waals surface area contributed by atoms with Crippen LogP contribution in [-0.4, -0.2) is 15.7 Å². The smallest absolute Gasteiger partial charge is 0.255 e. The highest BCUT2D eigenvalue weighted by molar-refractivity contribution is 6.06. The Labute approximate surface area is 142 Å². The van der Waals surface area contributed by atoms with E-state index in [2.05, 4.69) is 10.4 Å². The maximum Gasteiger partial charge on any atom is 0.255 e. The van der Waals surface area contributed by atoms with Crippen molar-refractivity contribution in [3.05, 3.63) is 76.6 Å². The third-order valence-corrected chi connectivity index (χ3v) is 4.03. The van der Waals surface area contributed by atoms with Crippen LogP contribution in [0.1, 0.15) is 32.9 Å². The zero-order valence-corrected chi connectivity index (χ0v) is 14.4. The highest BCUT2D eigenvalue weighted by Crippen LogP contribution is 2.23. The van der Waals surface area contributed by atoms with Crippen molar-refractivity contribution in [2.45, 2.75) is 27.7 Å². The van der Waals surface area contributed by atoms with Crippen LogP contribution >= 0.6 is 0 Å². The molecule has 0 atom stereocenters. The standard InChI is InChI=1S/C20H21N3O/c1-13-9-10-14(2)17(11-13)20(24)21-18-7-5-6-8-19(18)23-16(4)12-15(3)22-23/h5-12H,1-4H3,(H,21,24). The number of hydrogen-bond acceptors (Lipinski definition) is 2. The number of amides is 1. The van der Waals surface area contributed by atoms with Crippen molar-refractivity contribution < 1.29 is 4.79 Å². The first-order valence-corrected chi connectivity index (χ1v) is 7.97. The molecule has 0 fully saturated rings. The fourth-order valence-electron chi connectivity index (χ4n) is 2.81. The molecule has 122 valence electrons. The molecule has 24 heavy (non-hydrogen) atoms. The van der Waals surface area contributed by atoms with Crippen molar-refractivity contribution in [3.63, 3.8) is 0 Å². The van der Waals surface area contributed by atoms with Gasteiger partial charge in [-0.25, -0.2) is 4.68 Å². The fourth-order valence-corrected chi connectivity index (χ4v) is 2.81. The van der Waals surface area contributed by atoms with Gasteiger partial charge < -0.3 is 5.32 Å². The van der Waals surface area contributed by atoms with Gasteiger partial charge in [0.2, 0.25) is 0 Å². The molecular weight excluding hydrogens is 298 g/mol. The van der Waals surface area contributed by atoms with Gasteiger partial charge in [-0.2, -0.15) is 5.10 Å². The summed E-state index contributed by atoms with van der Waals surface area (Å²) >= 11 is 0. The van der Waals surface area contributed by atoms with Gasteiger partial charge in [0.25, 0.3) is 5.91 Å². The van der Waals surface area contributed by atoms with Crippen LogP contribution in [0.5, 0.6) is 0 Å². The molecule has 1 heterocycles. The van der Waals surface area contributed by atoms with E-state index < -0.39 is 0 Å². The van der Waals surface area contributed by atoms with E-state index in [0.29, 0.717) is 5.56 Å². The van der Waals surface area contributed by atoms with Crippen LogP contribution in [0.4, 0.5) is 5.69 Å². The number of rotatable bonds is 3. The number of benzene rings is 2. The molecule has 1 N–H and O–H groups in total. The van der Waals surface area contributed by atoms with Gasteiger partial charge in [0.1, 0.15) is 0 Å². The highest BCUT2D eigenvalue weighted by Gasteiger charge is 2.14. The summed E-state index contributed by atoms with van der Waals surface area (Å²) in [7, 11) is 0. The van der Waals surface area contributed by atoms with E-state index in [9.17, 15) is 4.79 Å². The van der Waals surface area contributed by atoms with Crippen molar-refractivity contribution in [2.75, 3.05) is 5.32 Å². The SMILES string of the molecule is Cc1ccc(C)c(C(=O)Nc2ccccc2-n2nc(C)cc2C)c1. The number of anilines is 1. The third kappa shape index (κ3) is 3.08. The summed E-state index contributed by atoms with van der Waals surface area (Å²) < 4.78 is 1.86. The van der Waals surface area contributed by atoms with E-state index >= 15 is 0 Å². The Morgan fingerprint density at radius 3 is 2.46 bits per heavy atom. The Hall–Kier alpha value is -2.88. The van der Waals surface area contributed by atoms with E-state index in [0.717, 1.165) is 33.9 Å². The molecule has 2 aromatic carbocycles. The average Bonchev–Trinajstić information content (AvgIpc) is 2.88. The Kier molecular flexibility index (Phi) is 4.21. The summed E-state index contributed by atoms with van der Waals surface area (Å²) in [6.45, 7) is 7.89. The first-order chi connectivity index (χ1) is 11.5. The zero-order chi connectivity index (χ0) is 17.3. The molecule has 4 heteroatoms. The molecule has 0 bridgehead atoms. The van der Waals surface area contributed by atoms with Gasteiger partial charge in [0, 0.05) is 11.3 Å². The average molecular weight is 319 g/mol. The first-order valence-electron chi connectivity index (χ1n) is 7.97. The van der Waals surface area contributed by atoms with E-state index in [-0.39, 0.29) is 5.91 Å². The lowest BCUT2D eigenvalue weighted by Crippen LogP contribution is -2.15. The minimum Gasteiger partial charge on any atom is -0.320 e. The van der Waals surface area contributed by atoms with Crippen molar-refractivity contribution in [3.8, 4) is 5.69 Å². The second-order valence-corrected chi connectivity index (χ2v) is 6.13. The number of carbonyl (C=O) groups is 1. The lowest BCUT2D eigenvalue weighted by molar-refractivity contribution is 0.102. The summed E-state index contributed by atoms with van der Waals surface area (Å²) in [5.41, 5.74) is 6.30. The predicted octanol–water partition coefficient (Wildman–Crippen LogP) is 4.36. The number of aromatic nitrogens is 2. The van der Waals surface area contributed by atoms with Crippen LogP contribution in [0.3, 0.4) is 0 Å². The first kappa shape index (κ1) is 16.0. The Morgan fingerprint density at radius 2 is 1.75 bits per heavy atom. The summed E-state index contributed by atoms with van der Waals surface area (Å²) in [6.07, 6.45) is 0. The Bertz CT molecular complexity index is 909. The molecule has 1 aromatic heterocycles. The van der Waals surface area contributed by atoms with Crippen LogP contribution in [0.25, 0.3) is 5.69 Å². The van der Waals surface area contributed by atoms with Gasteiger partial charge in [-0.15, -0.1) is 0 Å². The number of carbonyl (C=O) groups excluding carboxylic acids is 1. The molecule has 0 aliphatic carbocycles. The molecule has 0 saturated carbocycles. The van der Waals surface area contributed by atoms with Gasteiger partial charge in [-0.1, -0.05) is 29.8 Å². The maximum absolute atomic E-state index is 12.7. The lowest BCUT2D eigenvalue weighted by Gasteiger charge is -2.13. The number of nitrogens with one attached hydrogen (secondary N) is 1. The normalized spacial score (nSPS) is 10.7. The molecule has 1 amide bonds. The van der Waals surface area contributed by atoms with Crippen molar-refractivity contribution in [1.82, 2.24) is 9.78 Å². The number of hydrogen-bond donors (Lipinski definition) is 1. The van der Waals surface area contributed by atoms with Gasteiger partial charge in [-0.05, 0) is 57.5 Å². The van der Waals surface area contributed by atoms with E-state index in [1.54, 1.807) is 0 Å². The number of aryl methyl sites for hydroxylation is 4. The van der Waals surface area contributed by atoms with Crippen molar-refractivity contribution in [1.29, 1.82) is 0 Å². The molecule has 0 saturated heterocycles. The van der Waals surface area contributed by atoms with Crippen LogP contribution in [-0.2, 0) is 0 Å². The van der Waals surface area contributed by atoms with Gasteiger partial charge in [0.05, 0.1) is 17.1 Å². The van der Waals surface area contributed by atoms with Crippen LogP contribution in [0.15, 0.2) is 48.5 Å². The highest BCUT2D eigenvalue weighted by atomic mass is 16.1. The topological polar surface area (TPSA) is 46.9 Å². The fraction of sp³-hybridized carbons (Fsp3) is 0.200. The molecule has 0 aliphatic rings. The molecule has 0 radical (unpaired) electrons. The van der Waals surface area contributed by atoms with Crippen LogP contribution in [0.2, 0.25) is 0 Å². The Morgan fingerprint density at radius 1 is 1.00 bits per heavy atom. The summed E-state index contributed by atoms with van der Waals surface area (Å²) in [4.78, 5) is 12.7. The van der Waals surface area contributed by atoms with E-state index in [1.165, 1.54) is 0 Å². The second kappa shape index (κ2) is 6.32. The van der Waals surface area contributed by atoms with E-state index in [1.807, 2.05) is 80.9 Å². The number of nitrogens with zero attached hydrogens (tertiary/aromatic N) is 2. The van der Waals surface area contributed by atoms with Gasteiger partial charge in [0.15, 0.2) is 0 Å². The van der Waals surface area contributed by atoms with Crippen molar-refractivity contribution >= 4 is 11.6 Å². The molecule has 3 rings (SSSR count). The van der Waals surface area contributed by atoms with Crippen LogP contribution < -0.4 is 5.32 Å².